The lowest BCUT2D eigenvalue weighted by Crippen LogP contribution is -2.34. The van der Waals surface area contributed by atoms with Crippen molar-refractivity contribution in [3.63, 3.8) is 0 Å². The van der Waals surface area contributed by atoms with Crippen molar-refractivity contribution in [2.45, 2.75) is 39.2 Å². The molecule has 0 aromatic heterocycles. The van der Waals surface area contributed by atoms with Crippen molar-refractivity contribution in [3.05, 3.63) is 34.8 Å². The van der Waals surface area contributed by atoms with Gasteiger partial charge in [0, 0.05) is 24.7 Å². The van der Waals surface area contributed by atoms with Crippen molar-refractivity contribution in [1.82, 2.24) is 15.3 Å². The summed E-state index contributed by atoms with van der Waals surface area (Å²) in [6.07, 6.45) is 7.11. The highest BCUT2D eigenvalue weighted by Gasteiger charge is 2.33. The van der Waals surface area contributed by atoms with Crippen LogP contribution in [0.2, 0.25) is 0 Å². The van der Waals surface area contributed by atoms with Crippen LogP contribution in [0.4, 0.5) is 0 Å². The summed E-state index contributed by atoms with van der Waals surface area (Å²) in [5, 5.41) is 1.93. The number of nitrogens with zero attached hydrogens (tertiary/aromatic N) is 2. The van der Waals surface area contributed by atoms with Gasteiger partial charge in [0.25, 0.3) is 0 Å². The smallest absolute Gasteiger partial charge is 0.214 e. The molecule has 1 aliphatic heterocycles. The molecule has 106 valence electrons. The SMILES string of the molecule is CC1=C(C)C(N2CC(N(C=O)C3CC3)=CN2)=CC(=O)C1. The molecule has 1 heterocycles. The van der Waals surface area contributed by atoms with Gasteiger partial charge in [0.1, 0.15) is 0 Å². The minimum absolute atomic E-state index is 0.132. The molecule has 1 fully saturated rings. The zero-order chi connectivity index (χ0) is 14.3. The number of hydrogen-bond donors (Lipinski definition) is 1. The lowest BCUT2D eigenvalue weighted by Gasteiger charge is -2.27. The van der Waals surface area contributed by atoms with Crippen molar-refractivity contribution in [3.8, 4) is 0 Å². The van der Waals surface area contributed by atoms with Crippen LogP contribution >= 0.6 is 0 Å². The summed E-state index contributed by atoms with van der Waals surface area (Å²) in [6, 6.07) is 0.362. The van der Waals surface area contributed by atoms with Crippen LogP contribution in [-0.4, -0.2) is 34.7 Å². The summed E-state index contributed by atoms with van der Waals surface area (Å²) in [5.74, 6) is 0.132. The maximum Gasteiger partial charge on any atom is 0.214 e. The Hall–Kier alpha value is -2.04. The van der Waals surface area contributed by atoms with Crippen molar-refractivity contribution in [2.24, 2.45) is 0 Å². The van der Waals surface area contributed by atoms with E-state index in [9.17, 15) is 9.59 Å². The highest BCUT2D eigenvalue weighted by Crippen LogP contribution is 2.32. The number of carbonyl (C=O) groups excluding carboxylic acids is 2. The van der Waals surface area contributed by atoms with Crippen LogP contribution in [0.5, 0.6) is 0 Å². The monoisotopic (exact) mass is 273 g/mol. The average Bonchev–Trinajstić information content (AvgIpc) is 3.12. The fourth-order valence-electron chi connectivity index (χ4n) is 2.66. The number of amides is 1. The Morgan fingerprint density at radius 3 is 2.80 bits per heavy atom. The molecule has 1 saturated carbocycles. The Morgan fingerprint density at radius 2 is 2.15 bits per heavy atom. The third-order valence-corrected chi connectivity index (χ3v) is 4.14. The first-order valence-corrected chi connectivity index (χ1v) is 6.98. The normalized spacial score (nSPS) is 22.5. The van der Waals surface area contributed by atoms with E-state index >= 15 is 0 Å². The van der Waals surface area contributed by atoms with E-state index < -0.39 is 0 Å². The first-order valence-electron chi connectivity index (χ1n) is 6.98. The highest BCUT2D eigenvalue weighted by molar-refractivity contribution is 5.94. The van der Waals surface area contributed by atoms with E-state index in [1.165, 1.54) is 0 Å². The van der Waals surface area contributed by atoms with Gasteiger partial charge in [-0.3, -0.25) is 14.6 Å². The van der Waals surface area contributed by atoms with Gasteiger partial charge >= 0.3 is 0 Å². The van der Waals surface area contributed by atoms with Crippen molar-refractivity contribution >= 4 is 12.2 Å². The van der Waals surface area contributed by atoms with Gasteiger partial charge in [0.15, 0.2) is 5.78 Å². The molecule has 0 aromatic rings. The minimum Gasteiger partial charge on any atom is -0.312 e. The summed E-state index contributed by atoms with van der Waals surface area (Å²) in [7, 11) is 0. The van der Waals surface area contributed by atoms with Crippen LogP contribution in [0.1, 0.15) is 33.1 Å². The van der Waals surface area contributed by atoms with Gasteiger partial charge in [0.05, 0.1) is 17.9 Å². The van der Waals surface area contributed by atoms with Gasteiger partial charge in [0.2, 0.25) is 6.41 Å². The highest BCUT2D eigenvalue weighted by atomic mass is 16.1. The van der Waals surface area contributed by atoms with E-state index in [-0.39, 0.29) is 5.78 Å². The van der Waals surface area contributed by atoms with Gasteiger partial charge in [-0.05, 0) is 32.3 Å². The first-order chi connectivity index (χ1) is 9.60. The Balaban J connectivity index is 1.75. The third-order valence-electron chi connectivity index (χ3n) is 4.14. The maximum absolute atomic E-state index is 11.7. The van der Waals surface area contributed by atoms with E-state index in [0.29, 0.717) is 19.0 Å². The number of rotatable bonds is 4. The molecule has 5 heteroatoms. The molecule has 0 aromatic carbocycles. The summed E-state index contributed by atoms with van der Waals surface area (Å²) in [4.78, 5) is 24.7. The maximum atomic E-state index is 11.7. The van der Waals surface area contributed by atoms with Gasteiger partial charge in [-0.15, -0.1) is 0 Å². The molecule has 0 unspecified atom stereocenters. The Morgan fingerprint density at radius 1 is 1.40 bits per heavy atom. The van der Waals surface area contributed by atoms with Crippen LogP contribution in [-0.2, 0) is 9.59 Å². The second kappa shape index (κ2) is 4.81. The summed E-state index contributed by atoms with van der Waals surface area (Å²) >= 11 is 0. The van der Waals surface area contributed by atoms with E-state index in [1.807, 2.05) is 25.1 Å². The lowest BCUT2D eigenvalue weighted by atomic mass is 9.96. The van der Waals surface area contributed by atoms with Gasteiger partial charge in [-0.2, -0.15) is 0 Å². The zero-order valence-electron chi connectivity index (χ0n) is 11.8. The second-order valence-electron chi connectivity index (χ2n) is 5.67. The molecular weight excluding hydrogens is 254 g/mol. The fraction of sp³-hybridized carbons (Fsp3) is 0.467. The fourth-order valence-corrected chi connectivity index (χ4v) is 2.66. The lowest BCUT2D eigenvalue weighted by molar-refractivity contribution is -0.117. The summed E-state index contributed by atoms with van der Waals surface area (Å²) in [5.41, 5.74) is 7.28. The van der Waals surface area contributed by atoms with E-state index in [4.69, 9.17) is 0 Å². The molecule has 0 radical (unpaired) electrons. The van der Waals surface area contributed by atoms with Crippen LogP contribution in [0.25, 0.3) is 0 Å². The molecule has 1 N–H and O–H groups in total. The van der Waals surface area contributed by atoms with Crippen LogP contribution in [0.3, 0.4) is 0 Å². The topological polar surface area (TPSA) is 52.6 Å². The Bertz CT molecular complexity index is 555. The number of allylic oxidation sites excluding steroid dienone is 3. The largest absolute Gasteiger partial charge is 0.312 e. The first kappa shape index (κ1) is 13.0. The number of hydrogen-bond acceptors (Lipinski definition) is 4. The Labute approximate surface area is 118 Å². The van der Waals surface area contributed by atoms with Gasteiger partial charge in [-0.1, -0.05) is 5.57 Å². The van der Waals surface area contributed by atoms with Gasteiger partial charge in [-0.25, -0.2) is 0 Å². The average molecular weight is 273 g/mol. The molecule has 3 rings (SSSR count). The van der Waals surface area contributed by atoms with Crippen molar-refractivity contribution in [1.29, 1.82) is 0 Å². The summed E-state index contributed by atoms with van der Waals surface area (Å²) in [6.45, 7) is 4.64. The Kier molecular flexibility index (Phi) is 3.12. The minimum atomic E-state index is 0.132. The molecule has 5 nitrogen and oxygen atoms in total. The van der Waals surface area contributed by atoms with Crippen molar-refractivity contribution in [2.75, 3.05) is 6.54 Å². The molecule has 1 amide bonds. The zero-order valence-corrected chi connectivity index (χ0v) is 11.8. The quantitative estimate of drug-likeness (QED) is 0.788. The molecule has 0 bridgehead atoms. The predicted octanol–water partition coefficient (Wildman–Crippen LogP) is 1.46. The number of ketones is 1. The number of carbonyl (C=O) groups is 2. The third kappa shape index (κ3) is 2.24. The van der Waals surface area contributed by atoms with Crippen molar-refractivity contribution < 1.29 is 9.59 Å². The molecule has 0 saturated heterocycles. The molecule has 0 spiro atoms. The number of hydrazine groups is 1. The van der Waals surface area contributed by atoms with Crippen LogP contribution in [0.15, 0.2) is 34.8 Å². The number of nitrogens with one attached hydrogen (secondary N) is 1. The van der Waals surface area contributed by atoms with E-state index in [2.05, 4.69) is 5.43 Å². The predicted molar refractivity (Wildman–Crippen MR) is 74.9 cm³/mol. The molecule has 0 atom stereocenters. The summed E-state index contributed by atoms with van der Waals surface area (Å²) < 4.78 is 0. The van der Waals surface area contributed by atoms with E-state index in [1.54, 1.807) is 11.0 Å². The molecule has 3 aliphatic rings. The second-order valence-corrected chi connectivity index (χ2v) is 5.67. The van der Waals surface area contributed by atoms with E-state index in [0.717, 1.165) is 41.8 Å². The molecular formula is C15H19N3O2. The van der Waals surface area contributed by atoms with Crippen LogP contribution in [0, 0.1) is 0 Å². The standard InChI is InChI=1S/C15H19N3O2/c1-10-5-14(20)6-15(11(10)2)18-8-13(7-16-18)17(9-19)12-3-4-12/h6-7,9,12,16H,3-5,8H2,1-2H3. The molecule has 20 heavy (non-hydrogen) atoms. The molecule has 2 aliphatic carbocycles. The van der Waals surface area contributed by atoms with Gasteiger partial charge < -0.3 is 10.3 Å². The van der Waals surface area contributed by atoms with Crippen LogP contribution < -0.4 is 5.43 Å².